The van der Waals surface area contributed by atoms with Crippen LogP contribution in [0.1, 0.15) is 52.7 Å². The molecule has 0 saturated carbocycles. The van der Waals surface area contributed by atoms with E-state index in [0.29, 0.717) is 42.5 Å². The van der Waals surface area contributed by atoms with Crippen molar-refractivity contribution in [1.82, 2.24) is 24.3 Å². The Morgan fingerprint density at radius 1 is 1.07 bits per heavy atom. The summed E-state index contributed by atoms with van der Waals surface area (Å²) in [7, 11) is 0. The largest absolute Gasteiger partial charge is 0.335 e. The average molecular weight is 578 g/mol. The molecule has 42 heavy (non-hydrogen) atoms. The number of pyridine rings is 1. The van der Waals surface area contributed by atoms with Gasteiger partial charge in [-0.1, -0.05) is 23.7 Å². The average Bonchev–Trinajstić information content (AvgIpc) is 3.37. The van der Waals surface area contributed by atoms with Crippen LogP contribution in [0.5, 0.6) is 0 Å². The number of imidazole rings is 1. The molecule has 0 bridgehead atoms. The highest BCUT2D eigenvalue weighted by Crippen LogP contribution is 2.41. The molecule has 0 radical (unpaired) electrons. The highest BCUT2D eigenvalue weighted by Gasteiger charge is 2.33. The molecule has 1 saturated heterocycles. The molecular weight excluding hydrogens is 546 g/mol. The quantitative estimate of drug-likeness (QED) is 0.287. The van der Waals surface area contributed by atoms with Gasteiger partial charge in [-0.05, 0) is 90.6 Å². The molecular formula is C33H32ClN7O. The Hall–Kier alpha value is -4.45. The number of hydrogen-bond acceptors (Lipinski definition) is 5. The molecule has 2 aromatic carbocycles. The van der Waals surface area contributed by atoms with Crippen molar-refractivity contribution in [2.75, 3.05) is 31.5 Å². The van der Waals surface area contributed by atoms with Gasteiger partial charge in [-0.3, -0.25) is 9.88 Å². The van der Waals surface area contributed by atoms with Gasteiger partial charge in [-0.25, -0.2) is 9.78 Å². The summed E-state index contributed by atoms with van der Waals surface area (Å²) in [5.74, 6) is 1.02. The third-order valence-corrected chi connectivity index (χ3v) is 8.35. The minimum atomic E-state index is -0.136. The van der Waals surface area contributed by atoms with Crippen LogP contribution in [0.15, 0.2) is 73.2 Å². The van der Waals surface area contributed by atoms with Crippen LogP contribution in [0.4, 0.5) is 10.5 Å². The van der Waals surface area contributed by atoms with Gasteiger partial charge in [0.25, 0.3) is 0 Å². The second-order valence-corrected chi connectivity index (χ2v) is 11.1. The van der Waals surface area contributed by atoms with Crippen LogP contribution < -0.4 is 5.32 Å². The van der Waals surface area contributed by atoms with Gasteiger partial charge < -0.3 is 14.8 Å². The van der Waals surface area contributed by atoms with E-state index in [2.05, 4.69) is 50.1 Å². The third-order valence-electron chi connectivity index (χ3n) is 8.12. The van der Waals surface area contributed by atoms with Crippen molar-refractivity contribution in [3.05, 3.63) is 112 Å². The first-order chi connectivity index (χ1) is 20.5. The number of aromatic nitrogens is 3. The highest BCUT2D eigenvalue weighted by atomic mass is 35.5. The number of rotatable bonds is 6. The molecule has 3 heterocycles. The summed E-state index contributed by atoms with van der Waals surface area (Å²) in [5.41, 5.74) is 6.98. The summed E-state index contributed by atoms with van der Waals surface area (Å²) in [5, 5.41) is 12.7. The second kappa shape index (κ2) is 12.2. The Kier molecular flexibility index (Phi) is 8.04. The molecule has 1 N–H and O–H groups in total. The van der Waals surface area contributed by atoms with Gasteiger partial charge >= 0.3 is 6.03 Å². The fourth-order valence-electron chi connectivity index (χ4n) is 5.91. The Morgan fingerprint density at radius 2 is 1.88 bits per heavy atom. The van der Waals surface area contributed by atoms with Crippen LogP contribution in [0, 0.1) is 18.3 Å². The SMILES string of the molecule is Cc1nccn1CCCC1=Cc2cccnc2C(N2CCN(C(=O)Nc3ccc(C#N)cc3)CC2)c2ccc(Cl)cc21. The minimum Gasteiger partial charge on any atom is -0.335 e. The lowest BCUT2D eigenvalue weighted by Crippen LogP contribution is -2.51. The number of piperazine rings is 1. The fourth-order valence-corrected chi connectivity index (χ4v) is 6.08. The van der Waals surface area contributed by atoms with Crippen molar-refractivity contribution >= 4 is 35.0 Å². The van der Waals surface area contributed by atoms with Gasteiger partial charge in [-0.2, -0.15) is 5.26 Å². The second-order valence-electron chi connectivity index (χ2n) is 10.7. The number of nitrogens with zero attached hydrogens (tertiary/aromatic N) is 6. The predicted octanol–water partition coefficient (Wildman–Crippen LogP) is 6.39. The van der Waals surface area contributed by atoms with E-state index in [4.69, 9.17) is 21.8 Å². The number of benzene rings is 2. The molecule has 1 atom stereocenters. The minimum absolute atomic E-state index is 0.0538. The summed E-state index contributed by atoms with van der Waals surface area (Å²) in [6.07, 6.45) is 9.89. The molecule has 8 nitrogen and oxygen atoms in total. The van der Waals surface area contributed by atoms with Gasteiger partial charge in [0.05, 0.1) is 23.4 Å². The lowest BCUT2D eigenvalue weighted by molar-refractivity contribution is 0.125. The van der Waals surface area contributed by atoms with E-state index in [1.54, 1.807) is 24.3 Å². The number of carbonyl (C=O) groups is 1. The van der Waals surface area contributed by atoms with E-state index in [1.807, 2.05) is 42.5 Å². The molecule has 2 amide bonds. The van der Waals surface area contributed by atoms with Gasteiger partial charge in [0.2, 0.25) is 0 Å². The number of nitriles is 1. The van der Waals surface area contributed by atoms with Gasteiger partial charge in [-0.15, -0.1) is 0 Å². The van der Waals surface area contributed by atoms with Crippen LogP contribution in [-0.2, 0) is 6.54 Å². The normalized spacial score (nSPS) is 16.5. The smallest absolute Gasteiger partial charge is 0.321 e. The molecule has 212 valence electrons. The maximum absolute atomic E-state index is 13.0. The first kappa shape index (κ1) is 27.7. The maximum atomic E-state index is 13.0. The number of aryl methyl sites for hydroxylation is 2. The van der Waals surface area contributed by atoms with E-state index in [-0.39, 0.29) is 12.1 Å². The predicted molar refractivity (Wildman–Crippen MR) is 165 cm³/mol. The van der Waals surface area contributed by atoms with E-state index in [1.165, 1.54) is 11.1 Å². The van der Waals surface area contributed by atoms with E-state index in [9.17, 15) is 4.79 Å². The van der Waals surface area contributed by atoms with Crippen LogP contribution in [0.3, 0.4) is 0 Å². The summed E-state index contributed by atoms with van der Waals surface area (Å²) in [4.78, 5) is 26.6. The van der Waals surface area contributed by atoms with Crippen LogP contribution in [0.25, 0.3) is 11.6 Å². The fraction of sp³-hybridized carbons (Fsp3) is 0.273. The molecule has 1 aliphatic heterocycles. The van der Waals surface area contributed by atoms with Crippen molar-refractivity contribution < 1.29 is 4.79 Å². The molecule has 6 rings (SSSR count). The number of nitrogens with one attached hydrogen (secondary N) is 1. The summed E-state index contributed by atoms with van der Waals surface area (Å²) in [6.45, 7) is 5.53. The van der Waals surface area contributed by atoms with E-state index in [0.717, 1.165) is 42.0 Å². The number of amides is 2. The molecule has 2 aliphatic rings. The van der Waals surface area contributed by atoms with E-state index >= 15 is 0 Å². The molecule has 2 aromatic heterocycles. The molecule has 4 aromatic rings. The standard InChI is InChI=1S/C33H32ClN7O/c1-23-36-13-15-39(23)14-3-5-25-20-26-4-2-12-37-31(26)32(29-11-8-27(34)21-30(25)29)40-16-18-41(19-17-40)33(42)38-28-9-6-24(22-35)7-10-28/h2,4,6-13,15,20-21,32H,3,5,14,16-19H2,1H3,(H,38,42). The lowest BCUT2D eigenvalue weighted by atomic mass is 9.92. The van der Waals surface area contributed by atoms with Crippen molar-refractivity contribution in [3.8, 4) is 6.07 Å². The van der Waals surface area contributed by atoms with Crippen molar-refractivity contribution in [1.29, 1.82) is 5.26 Å². The number of allylic oxidation sites excluding steroid dienone is 1. The van der Waals surface area contributed by atoms with E-state index < -0.39 is 0 Å². The number of fused-ring (bicyclic) bond motifs is 2. The number of anilines is 1. The van der Waals surface area contributed by atoms with Crippen molar-refractivity contribution in [2.24, 2.45) is 0 Å². The van der Waals surface area contributed by atoms with Crippen molar-refractivity contribution in [3.63, 3.8) is 0 Å². The monoisotopic (exact) mass is 577 g/mol. The Labute approximate surface area is 250 Å². The molecule has 1 aliphatic carbocycles. The number of hydrogen-bond donors (Lipinski definition) is 1. The Balaban J connectivity index is 1.22. The zero-order valence-electron chi connectivity index (χ0n) is 23.5. The zero-order chi connectivity index (χ0) is 29.1. The summed E-state index contributed by atoms with van der Waals surface area (Å²) >= 11 is 6.58. The third kappa shape index (κ3) is 5.80. The summed E-state index contributed by atoms with van der Waals surface area (Å²) < 4.78 is 2.19. The highest BCUT2D eigenvalue weighted by molar-refractivity contribution is 6.30. The van der Waals surface area contributed by atoms with Gasteiger partial charge in [0.1, 0.15) is 5.82 Å². The van der Waals surface area contributed by atoms with Gasteiger partial charge in [0, 0.05) is 62.0 Å². The van der Waals surface area contributed by atoms with Crippen LogP contribution in [-0.4, -0.2) is 56.5 Å². The maximum Gasteiger partial charge on any atom is 0.321 e. The topological polar surface area (TPSA) is 90.1 Å². The Morgan fingerprint density at radius 3 is 2.62 bits per heavy atom. The van der Waals surface area contributed by atoms with Crippen LogP contribution >= 0.6 is 11.6 Å². The number of urea groups is 1. The summed E-state index contributed by atoms with van der Waals surface area (Å²) in [6, 6.07) is 19.2. The first-order valence-corrected chi connectivity index (χ1v) is 14.6. The number of carbonyl (C=O) groups excluding carboxylic acids is 1. The number of halogens is 1. The zero-order valence-corrected chi connectivity index (χ0v) is 24.3. The first-order valence-electron chi connectivity index (χ1n) is 14.2. The molecule has 1 unspecified atom stereocenters. The van der Waals surface area contributed by atoms with Crippen molar-refractivity contribution in [2.45, 2.75) is 32.4 Å². The molecule has 0 spiro atoms. The lowest BCUT2D eigenvalue weighted by Gasteiger charge is -2.39. The van der Waals surface area contributed by atoms with Crippen LogP contribution in [0.2, 0.25) is 5.02 Å². The molecule has 9 heteroatoms. The Bertz CT molecular complexity index is 1660. The molecule has 1 fully saturated rings. The van der Waals surface area contributed by atoms with Gasteiger partial charge in [0.15, 0.2) is 0 Å².